The largest absolute Gasteiger partial charge is 0.368 e. The number of fused-ring (bicyclic) bond motifs is 1. The molecule has 0 aliphatic carbocycles. The minimum atomic E-state index is -0.257. The fraction of sp³-hybridized carbons (Fsp3) is 0.538. The van der Waals surface area contributed by atoms with Crippen LogP contribution in [0.5, 0.6) is 0 Å². The molecule has 2 fully saturated rings. The van der Waals surface area contributed by atoms with E-state index >= 15 is 0 Å². The Morgan fingerprint density at radius 1 is 1.11 bits per heavy atom. The van der Waals surface area contributed by atoms with Gasteiger partial charge in [-0.15, -0.1) is 0 Å². The summed E-state index contributed by atoms with van der Waals surface area (Å²) in [5.74, 6) is 1.40. The number of carbonyl (C=O) groups is 1. The monoisotopic (exact) mass is 511 g/mol. The molecule has 1 amide bonds. The van der Waals surface area contributed by atoms with Crippen LogP contribution in [-0.2, 0) is 11.3 Å². The number of hydrogen-bond acceptors (Lipinski definition) is 7. The number of nitrogens with zero attached hydrogens (tertiary/aromatic N) is 6. The molecule has 2 aromatic heterocycles. The van der Waals surface area contributed by atoms with Crippen LogP contribution < -0.4 is 5.73 Å². The molecule has 192 valence electrons. The van der Waals surface area contributed by atoms with E-state index in [1.54, 1.807) is 24.2 Å². The molecular formula is C26H34FN7OS. The van der Waals surface area contributed by atoms with E-state index in [9.17, 15) is 9.18 Å². The van der Waals surface area contributed by atoms with Crippen molar-refractivity contribution in [2.24, 2.45) is 5.92 Å². The van der Waals surface area contributed by atoms with Gasteiger partial charge in [-0.2, -0.15) is 0 Å². The van der Waals surface area contributed by atoms with Gasteiger partial charge in [-0.25, -0.2) is 19.3 Å². The molecule has 1 aromatic carbocycles. The molecule has 0 atom stereocenters. The number of nitrogens with two attached hydrogens (primary N) is 1. The summed E-state index contributed by atoms with van der Waals surface area (Å²) >= 11 is 1.73. The van der Waals surface area contributed by atoms with E-state index in [1.807, 2.05) is 6.07 Å². The number of nitrogen functional groups attached to an aromatic ring is 1. The molecule has 0 bridgehead atoms. The zero-order valence-corrected chi connectivity index (χ0v) is 21.6. The first-order chi connectivity index (χ1) is 17.5. The van der Waals surface area contributed by atoms with Gasteiger partial charge >= 0.3 is 0 Å². The van der Waals surface area contributed by atoms with Gasteiger partial charge in [0.1, 0.15) is 5.82 Å². The number of hydrogen-bond donors (Lipinski definition) is 1. The number of rotatable bonds is 7. The number of thioether (sulfide) groups is 1. The molecule has 8 nitrogen and oxygen atoms in total. The third-order valence-electron chi connectivity index (χ3n) is 7.26. The number of piperidine rings is 2. The topological polar surface area (TPSA) is 93.2 Å². The Kier molecular flexibility index (Phi) is 7.71. The Morgan fingerprint density at radius 2 is 1.83 bits per heavy atom. The number of imidazole rings is 1. The van der Waals surface area contributed by atoms with Crippen LogP contribution in [0.25, 0.3) is 11.0 Å². The van der Waals surface area contributed by atoms with Gasteiger partial charge in [0.25, 0.3) is 0 Å². The van der Waals surface area contributed by atoms with Crippen molar-refractivity contribution in [2.75, 3.05) is 37.7 Å². The van der Waals surface area contributed by atoms with Crippen LogP contribution in [0, 0.1) is 11.7 Å². The van der Waals surface area contributed by atoms with E-state index in [1.165, 1.54) is 12.1 Å². The van der Waals surface area contributed by atoms with E-state index in [2.05, 4.69) is 31.3 Å². The summed E-state index contributed by atoms with van der Waals surface area (Å²) in [6.45, 7) is 6.24. The molecule has 2 aliphatic rings. The van der Waals surface area contributed by atoms with Crippen molar-refractivity contribution in [3.63, 3.8) is 0 Å². The van der Waals surface area contributed by atoms with Crippen molar-refractivity contribution in [3.8, 4) is 0 Å². The summed E-state index contributed by atoms with van der Waals surface area (Å²) in [5.41, 5.74) is 8.32. The zero-order chi connectivity index (χ0) is 25.1. The molecule has 10 heteroatoms. The van der Waals surface area contributed by atoms with Crippen LogP contribution in [0.1, 0.15) is 50.6 Å². The smallest absolute Gasteiger partial charge is 0.225 e. The maximum Gasteiger partial charge on any atom is 0.225 e. The van der Waals surface area contributed by atoms with Crippen LogP contribution in [-0.4, -0.2) is 67.2 Å². The number of halogens is 1. The highest BCUT2D eigenvalue weighted by molar-refractivity contribution is 7.99. The molecule has 2 saturated heterocycles. The third kappa shape index (κ3) is 5.49. The summed E-state index contributed by atoms with van der Waals surface area (Å²) < 4.78 is 16.1. The Balaban J connectivity index is 1.17. The molecule has 36 heavy (non-hydrogen) atoms. The second kappa shape index (κ2) is 11.1. The minimum Gasteiger partial charge on any atom is -0.368 e. The number of amides is 1. The van der Waals surface area contributed by atoms with Gasteiger partial charge in [-0.1, -0.05) is 18.7 Å². The van der Waals surface area contributed by atoms with Crippen LogP contribution in [0.3, 0.4) is 0 Å². The maximum atomic E-state index is 13.8. The first kappa shape index (κ1) is 25.0. The predicted molar refractivity (Wildman–Crippen MR) is 140 cm³/mol. The zero-order valence-electron chi connectivity index (χ0n) is 20.8. The summed E-state index contributed by atoms with van der Waals surface area (Å²) in [6, 6.07) is 5.15. The van der Waals surface area contributed by atoms with Gasteiger partial charge in [0.2, 0.25) is 11.9 Å². The molecule has 2 N–H and O–H groups in total. The van der Waals surface area contributed by atoms with E-state index < -0.39 is 0 Å². The van der Waals surface area contributed by atoms with Crippen molar-refractivity contribution >= 4 is 34.7 Å². The molecule has 0 spiro atoms. The maximum absolute atomic E-state index is 13.8. The van der Waals surface area contributed by atoms with E-state index in [0.29, 0.717) is 11.4 Å². The van der Waals surface area contributed by atoms with E-state index in [0.717, 1.165) is 86.8 Å². The van der Waals surface area contributed by atoms with Crippen molar-refractivity contribution in [1.82, 2.24) is 29.3 Å². The van der Waals surface area contributed by atoms with Crippen LogP contribution >= 0.6 is 11.8 Å². The SMILES string of the molecule is CCCSc1nc2cc(F)ccc2n1C1CCN(C(=O)C2CCN(Cc3cnc(N)nc3)CC2)CC1. The number of anilines is 1. The van der Waals surface area contributed by atoms with Gasteiger partial charge in [0.05, 0.1) is 11.0 Å². The van der Waals surface area contributed by atoms with Crippen molar-refractivity contribution in [2.45, 2.75) is 56.8 Å². The number of benzene rings is 1. The van der Waals surface area contributed by atoms with Crippen molar-refractivity contribution in [3.05, 3.63) is 42.0 Å². The lowest BCUT2D eigenvalue weighted by molar-refractivity contribution is -0.138. The molecule has 0 radical (unpaired) electrons. The molecule has 2 aliphatic heterocycles. The Hall–Kier alpha value is -2.72. The van der Waals surface area contributed by atoms with Gasteiger partial charge in [-0.05, 0) is 57.3 Å². The molecule has 3 aromatic rings. The van der Waals surface area contributed by atoms with Crippen LogP contribution in [0.4, 0.5) is 10.3 Å². The van der Waals surface area contributed by atoms with Crippen LogP contribution in [0.15, 0.2) is 35.7 Å². The first-order valence-corrected chi connectivity index (χ1v) is 13.9. The van der Waals surface area contributed by atoms with Gasteiger partial charge < -0.3 is 15.2 Å². The average Bonchev–Trinajstić information content (AvgIpc) is 3.26. The highest BCUT2D eigenvalue weighted by atomic mass is 32.2. The minimum absolute atomic E-state index is 0.0909. The highest BCUT2D eigenvalue weighted by Gasteiger charge is 2.32. The molecular weight excluding hydrogens is 477 g/mol. The second-order valence-electron chi connectivity index (χ2n) is 9.80. The van der Waals surface area contributed by atoms with Crippen molar-refractivity contribution in [1.29, 1.82) is 0 Å². The lowest BCUT2D eigenvalue weighted by atomic mass is 9.93. The van der Waals surface area contributed by atoms with E-state index in [-0.39, 0.29) is 23.7 Å². The third-order valence-corrected chi connectivity index (χ3v) is 8.42. The molecule has 5 rings (SSSR count). The quantitative estimate of drug-likeness (QED) is 0.477. The van der Waals surface area contributed by atoms with Crippen LogP contribution in [0.2, 0.25) is 0 Å². The molecule has 0 unspecified atom stereocenters. The summed E-state index contributed by atoms with van der Waals surface area (Å²) in [7, 11) is 0. The number of likely N-dealkylation sites (tertiary alicyclic amines) is 2. The van der Waals surface area contributed by atoms with E-state index in [4.69, 9.17) is 10.7 Å². The fourth-order valence-corrected chi connectivity index (χ4v) is 6.28. The van der Waals surface area contributed by atoms with Gasteiger partial charge in [-0.3, -0.25) is 9.69 Å². The average molecular weight is 512 g/mol. The lowest BCUT2D eigenvalue weighted by Gasteiger charge is -2.38. The number of carbonyl (C=O) groups excluding carboxylic acids is 1. The Labute approximate surface area is 215 Å². The van der Waals surface area contributed by atoms with Gasteiger partial charge in [0, 0.05) is 61.4 Å². The van der Waals surface area contributed by atoms with Crippen molar-refractivity contribution < 1.29 is 9.18 Å². The summed E-state index contributed by atoms with van der Waals surface area (Å²) in [6.07, 6.45) is 8.15. The fourth-order valence-electron chi connectivity index (χ4n) is 5.34. The highest BCUT2D eigenvalue weighted by Crippen LogP contribution is 2.34. The Bertz CT molecular complexity index is 1180. The molecule has 4 heterocycles. The summed E-state index contributed by atoms with van der Waals surface area (Å²) in [5, 5.41) is 0.959. The van der Waals surface area contributed by atoms with Gasteiger partial charge in [0.15, 0.2) is 5.16 Å². The lowest BCUT2D eigenvalue weighted by Crippen LogP contribution is -2.45. The first-order valence-electron chi connectivity index (χ1n) is 12.9. The number of aromatic nitrogens is 4. The normalized spacial score (nSPS) is 18.2. The Morgan fingerprint density at radius 3 is 2.53 bits per heavy atom. The second-order valence-corrected chi connectivity index (χ2v) is 10.9. The summed E-state index contributed by atoms with van der Waals surface area (Å²) in [4.78, 5) is 30.6. The standard InChI is InChI=1S/C26H34FN7OS/c1-2-13-36-26-31-22-14-20(27)3-4-23(22)34(26)21-7-11-33(12-8-21)24(35)19-5-9-32(10-6-19)17-18-15-29-25(28)30-16-18/h3-4,14-16,19,21H,2,5-13,17H2,1H3,(H2,28,29,30). The predicted octanol–water partition coefficient (Wildman–Crippen LogP) is 4.13. The molecule has 0 saturated carbocycles.